The maximum absolute atomic E-state index is 12.3. The van der Waals surface area contributed by atoms with Crippen molar-refractivity contribution < 1.29 is 14.3 Å². The topological polar surface area (TPSA) is 91.2 Å². The first-order valence-electron chi connectivity index (χ1n) is 9.14. The Morgan fingerprint density at radius 3 is 2.70 bits per heavy atom. The molecule has 0 spiro atoms. The zero-order chi connectivity index (χ0) is 19.1. The quantitative estimate of drug-likeness (QED) is 0.573. The third-order valence-electron chi connectivity index (χ3n) is 4.61. The van der Waals surface area contributed by atoms with Crippen molar-refractivity contribution in [3.05, 3.63) is 18.2 Å². The Hall–Kier alpha value is -2.29. The molecular formula is C18H25N5O3S. The molecule has 8 nitrogen and oxygen atoms in total. The fourth-order valence-electron chi connectivity index (χ4n) is 3.21. The van der Waals surface area contributed by atoms with Gasteiger partial charge in [-0.1, -0.05) is 37.4 Å². The highest BCUT2D eigenvalue weighted by Gasteiger charge is 2.18. The molecule has 1 aromatic carbocycles. The second kappa shape index (κ2) is 9.59. The number of ether oxygens (including phenoxy) is 2. The van der Waals surface area contributed by atoms with Crippen LogP contribution in [0.15, 0.2) is 23.4 Å². The number of methoxy groups -OCH3 is 2. The van der Waals surface area contributed by atoms with Gasteiger partial charge in [0.25, 0.3) is 0 Å². The van der Waals surface area contributed by atoms with E-state index in [1.165, 1.54) is 37.4 Å². The van der Waals surface area contributed by atoms with Gasteiger partial charge in [0.2, 0.25) is 11.1 Å². The number of nitrogens with one attached hydrogen (secondary N) is 1. The van der Waals surface area contributed by atoms with Gasteiger partial charge in [0.05, 0.1) is 20.0 Å². The van der Waals surface area contributed by atoms with Crippen LogP contribution in [0.1, 0.15) is 38.5 Å². The Morgan fingerprint density at radius 1 is 1.22 bits per heavy atom. The highest BCUT2D eigenvalue weighted by molar-refractivity contribution is 7.99. The largest absolute Gasteiger partial charge is 0.497 e. The fraction of sp³-hybridized carbons (Fsp3) is 0.556. The lowest BCUT2D eigenvalue weighted by Crippen LogP contribution is -2.35. The molecule has 3 rings (SSSR count). The highest BCUT2D eigenvalue weighted by Crippen LogP contribution is 2.29. The Balaban J connectivity index is 1.66. The van der Waals surface area contributed by atoms with E-state index < -0.39 is 0 Å². The lowest BCUT2D eigenvalue weighted by molar-refractivity contribution is -0.119. The SMILES string of the molecule is COc1ccc(OC)c(-n2nnnc2SCC(=O)NC2CCCCCC2)c1. The minimum atomic E-state index is 0.0130. The Labute approximate surface area is 163 Å². The summed E-state index contributed by atoms with van der Waals surface area (Å²) in [4.78, 5) is 12.3. The summed E-state index contributed by atoms with van der Waals surface area (Å²) in [7, 11) is 3.18. The number of nitrogens with zero attached hydrogens (tertiary/aromatic N) is 4. The van der Waals surface area contributed by atoms with Crippen LogP contribution in [0.25, 0.3) is 5.69 Å². The van der Waals surface area contributed by atoms with E-state index in [0.29, 0.717) is 22.3 Å². The standard InChI is InChI=1S/C18H25N5O3S/c1-25-14-9-10-16(26-2)15(11-14)23-18(20-21-22-23)27-12-17(24)19-13-7-5-3-4-6-8-13/h9-11,13H,3-8,12H2,1-2H3,(H,19,24). The zero-order valence-corrected chi connectivity index (χ0v) is 16.5. The molecule has 0 saturated heterocycles. The minimum Gasteiger partial charge on any atom is -0.497 e. The van der Waals surface area contributed by atoms with Gasteiger partial charge in [-0.3, -0.25) is 4.79 Å². The summed E-state index contributed by atoms with van der Waals surface area (Å²) in [6, 6.07) is 5.68. The molecule has 1 aliphatic rings. The highest BCUT2D eigenvalue weighted by atomic mass is 32.2. The van der Waals surface area contributed by atoms with Gasteiger partial charge in [-0.2, -0.15) is 4.68 Å². The lowest BCUT2D eigenvalue weighted by Gasteiger charge is -2.16. The van der Waals surface area contributed by atoms with Gasteiger partial charge in [0, 0.05) is 12.1 Å². The Morgan fingerprint density at radius 2 is 2.00 bits per heavy atom. The number of benzene rings is 1. The van der Waals surface area contributed by atoms with Crippen molar-refractivity contribution in [1.82, 2.24) is 25.5 Å². The molecule has 1 heterocycles. The molecule has 146 valence electrons. The first-order chi connectivity index (χ1) is 13.2. The van der Waals surface area contributed by atoms with Gasteiger partial charge in [0.1, 0.15) is 17.2 Å². The third-order valence-corrected chi connectivity index (χ3v) is 5.53. The second-order valence-electron chi connectivity index (χ2n) is 6.46. The van der Waals surface area contributed by atoms with Crippen LogP contribution in [0, 0.1) is 0 Å². The summed E-state index contributed by atoms with van der Waals surface area (Å²) in [6.45, 7) is 0. The maximum atomic E-state index is 12.3. The third kappa shape index (κ3) is 5.12. The Bertz CT molecular complexity index is 759. The Kier molecular flexibility index (Phi) is 6.92. The molecule has 1 aliphatic carbocycles. The number of carbonyl (C=O) groups is 1. The van der Waals surface area contributed by atoms with Gasteiger partial charge in [-0.15, -0.1) is 5.10 Å². The van der Waals surface area contributed by atoms with Crippen LogP contribution in [-0.2, 0) is 4.79 Å². The molecular weight excluding hydrogens is 366 g/mol. The smallest absolute Gasteiger partial charge is 0.230 e. The van der Waals surface area contributed by atoms with E-state index in [9.17, 15) is 4.79 Å². The van der Waals surface area contributed by atoms with Gasteiger partial charge in [-0.05, 0) is 35.4 Å². The van der Waals surface area contributed by atoms with Crippen LogP contribution >= 0.6 is 11.8 Å². The number of hydrogen-bond acceptors (Lipinski definition) is 7. The summed E-state index contributed by atoms with van der Waals surface area (Å²) in [5.74, 6) is 1.57. The summed E-state index contributed by atoms with van der Waals surface area (Å²) >= 11 is 1.30. The van der Waals surface area contributed by atoms with E-state index in [-0.39, 0.29) is 17.7 Å². The number of hydrogen-bond donors (Lipinski definition) is 1. The first-order valence-corrected chi connectivity index (χ1v) is 10.1. The van der Waals surface area contributed by atoms with Crippen LogP contribution in [0.4, 0.5) is 0 Å². The second-order valence-corrected chi connectivity index (χ2v) is 7.40. The molecule has 1 aromatic heterocycles. The molecule has 0 bridgehead atoms. The number of rotatable bonds is 7. The van der Waals surface area contributed by atoms with E-state index in [2.05, 4.69) is 20.8 Å². The van der Waals surface area contributed by atoms with E-state index in [4.69, 9.17) is 9.47 Å². The average Bonchev–Trinajstić information content (AvgIpc) is 3.02. The number of thioether (sulfide) groups is 1. The van der Waals surface area contributed by atoms with Crippen molar-refractivity contribution >= 4 is 17.7 Å². The number of aromatic nitrogens is 4. The fourth-order valence-corrected chi connectivity index (χ4v) is 3.90. The molecule has 1 saturated carbocycles. The van der Waals surface area contributed by atoms with Crippen molar-refractivity contribution in [2.45, 2.75) is 49.7 Å². The minimum absolute atomic E-state index is 0.0130. The number of carbonyl (C=O) groups excluding carboxylic acids is 1. The monoisotopic (exact) mass is 391 g/mol. The summed E-state index contributed by atoms with van der Waals surface area (Å²) in [5, 5.41) is 15.5. The van der Waals surface area contributed by atoms with Crippen molar-refractivity contribution in [3.63, 3.8) is 0 Å². The van der Waals surface area contributed by atoms with E-state index in [1.807, 2.05) is 0 Å². The summed E-state index contributed by atoms with van der Waals surface area (Å²) < 4.78 is 12.2. The van der Waals surface area contributed by atoms with Crippen molar-refractivity contribution in [2.24, 2.45) is 0 Å². The van der Waals surface area contributed by atoms with Crippen molar-refractivity contribution in [2.75, 3.05) is 20.0 Å². The van der Waals surface area contributed by atoms with Crippen LogP contribution in [0.5, 0.6) is 11.5 Å². The van der Waals surface area contributed by atoms with E-state index in [0.717, 1.165) is 12.8 Å². The van der Waals surface area contributed by atoms with E-state index >= 15 is 0 Å². The van der Waals surface area contributed by atoms with Crippen LogP contribution in [0.2, 0.25) is 0 Å². The van der Waals surface area contributed by atoms with Gasteiger partial charge >= 0.3 is 0 Å². The molecule has 9 heteroatoms. The lowest BCUT2D eigenvalue weighted by atomic mass is 10.1. The molecule has 0 radical (unpaired) electrons. The molecule has 1 N–H and O–H groups in total. The molecule has 0 aliphatic heterocycles. The predicted molar refractivity (Wildman–Crippen MR) is 103 cm³/mol. The van der Waals surface area contributed by atoms with Gasteiger partial charge < -0.3 is 14.8 Å². The van der Waals surface area contributed by atoms with Gasteiger partial charge in [-0.25, -0.2) is 0 Å². The predicted octanol–water partition coefficient (Wildman–Crippen LogP) is 2.61. The van der Waals surface area contributed by atoms with Crippen LogP contribution in [-0.4, -0.2) is 52.1 Å². The van der Waals surface area contributed by atoms with Crippen molar-refractivity contribution in [1.29, 1.82) is 0 Å². The first kappa shape index (κ1) is 19.5. The molecule has 27 heavy (non-hydrogen) atoms. The molecule has 2 aromatic rings. The molecule has 0 atom stereocenters. The summed E-state index contributed by atoms with van der Waals surface area (Å²) in [5.41, 5.74) is 0.661. The van der Waals surface area contributed by atoms with E-state index in [1.54, 1.807) is 37.1 Å². The zero-order valence-electron chi connectivity index (χ0n) is 15.7. The van der Waals surface area contributed by atoms with Crippen LogP contribution in [0.3, 0.4) is 0 Å². The normalized spacial score (nSPS) is 15.2. The van der Waals surface area contributed by atoms with Crippen LogP contribution < -0.4 is 14.8 Å². The maximum Gasteiger partial charge on any atom is 0.230 e. The number of amides is 1. The number of tetrazole rings is 1. The molecule has 1 fully saturated rings. The summed E-state index contributed by atoms with van der Waals surface area (Å²) in [6.07, 6.45) is 7.03. The molecule has 0 unspecified atom stereocenters. The van der Waals surface area contributed by atoms with Gasteiger partial charge in [0.15, 0.2) is 0 Å². The average molecular weight is 391 g/mol. The van der Waals surface area contributed by atoms with Crippen molar-refractivity contribution in [3.8, 4) is 17.2 Å². The molecule has 1 amide bonds.